The molecule has 4 rings (SSSR count). The molecular weight excluding hydrogens is 465 g/mol. The van der Waals surface area contributed by atoms with Crippen LogP contribution in [0.4, 0.5) is 18.9 Å². The summed E-state index contributed by atoms with van der Waals surface area (Å²) in [6, 6.07) is 17.1. The topological polar surface area (TPSA) is 83.0 Å². The number of rotatable bonds is 4. The van der Waals surface area contributed by atoms with Crippen molar-refractivity contribution in [3.05, 3.63) is 89.4 Å². The van der Waals surface area contributed by atoms with Crippen molar-refractivity contribution in [3.8, 4) is 17.2 Å². The van der Waals surface area contributed by atoms with Crippen LogP contribution >= 0.6 is 0 Å². The van der Waals surface area contributed by atoms with Crippen LogP contribution in [0.2, 0.25) is 0 Å². The summed E-state index contributed by atoms with van der Waals surface area (Å²) in [5.41, 5.74) is 7.69. The standard InChI is InChI=1S/C28H25F3N4O/c1-27(2,16-32)20-7-4-17(5-8-20)21-14-26(36)35(3)15-22(21)25-13-19(10-11-34-25)18-6-9-24(33)23(12-18)28(29,30)31/h4-13,15,21H,14,33H2,1-3H3. The van der Waals surface area contributed by atoms with E-state index in [0.717, 1.165) is 22.8 Å². The molecule has 1 aromatic heterocycles. The summed E-state index contributed by atoms with van der Waals surface area (Å²) in [6.07, 6.45) is -1.08. The Balaban J connectivity index is 1.76. The Kier molecular flexibility index (Phi) is 6.35. The predicted octanol–water partition coefficient (Wildman–Crippen LogP) is 6.14. The smallest absolute Gasteiger partial charge is 0.398 e. The number of benzene rings is 2. The second-order valence-corrected chi connectivity index (χ2v) is 9.43. The minimum Gasteiger partial charge on any atom is -0.398 e. The van der Waals surface area contributed by atoms with Crippen molar-refractivity contribution in [1.29, 1.82) is 5.26 Å². The van der Waals surface area contributed by atoms with Crippen LogP contribution in [0.5, 0.6) is 0 Å². The number of pyridine rings is 1. The Morgan fingerprint density at radius 1 is 1.06 bits per heavy atom. The van der Waals surface area contributed by atoms with Crippen LogP contribution < -0.4 is 5.73 Å². The first kappa shape index (κ1) is 25.0. The van der Waals surface area contributed by atoms with E-state index in [-0.39, 0.29) is 23.9 Å². The van der Waals surface area contributed by atoms with Crippen molar-refractivity contribution in [2.24, 2.45) is 0 Å². The number of amides is 1. The maximum Gasteiger partial charge on any atom is 0.418 e. The number of nitriles is 1. The zero-order valence-corrected chi connectivity index (χ0v) is 20.1. The van der Waals surface area contributed by atoms with Crippen molar-refractivity contribution >= 4 is 17.2 Å². The van der Waals surface area contributed by atoms with Crippen molar-refractivity contribution < 1.29 is 18.0 Å². The number of aromatic nitrogens is 1. The van der Waals surface area contributed by atoms with Crippen molar-refractivity contribution in [1.82, 2.24) is 9.88 Å². The Morgan fingerprint density at radius 2 is 1.72 bits per heavy atom. The summed E-state index contributed by atoms with van der Waals surface area (Å²) >= 11 is 0. The van der Waals surface area contributed by atoms with E-state index >= 15 is 0 Å². The molecule has 36 heavy (non-hydrogen) atoms. The van der Waals surface area contributed by atoms with Gasteiger partial charge in [0.05, 0.1) is 22.7 Å². The number of hydrogen-bond donors (Lipinski definition) is 1. The van der Waals surface area contributed by atoms with E-state index in [9.17, 15) is 23.2 Å². The highest BCUT2D eigenvalue weighted by Gasteiger charge is 2.33. The van der Waals surface area contributed by atoms with Gasteiger partial charge in [0.2, 0.25) is 5.91 Å². The summed E-state index contributed by atoms with van der Waals surface area (Å²) in [5, 5.41) is 9.43. The molecule has 8 heteroatoms. The quantitative estimate of drug-likeness (QED) is 0.446. The Bertz CT molecular complexity index is 1390. The monoisotopic (exact) mass is 490 g/mol. The van der Waals surface area contributed by atoms with Gasteiger partial charge in [-0.3, -0.25) is 9.78 Å². The molecule has 1 aliphatic rings. The summed E-state index contributed by atoms with van der Waals surface area (Å²) in [5.74, 6) is -0.359. The highest BCUT2D eigenvalue weighted by atomic mass is 19.4. The van der Waals surface area contributed by atoms with E-state index in [4.69, 9.17) is 5.73 Å². The van der Waals surface area contributed by atoms with Gasteiger partial charge in [-0.05, 0) is 60.4 Å². The number of anilines is 1. The third-order valence-corrected chi connectivity index (χ3v) is 6.54. The summed E-state index contributed by atoms with van der Waals surface area (Å²) < 4.78 is 40.2. The first-order valence-electron chi connectivity index (χ1n) is 11.3. The predicted molar refractivity (Wildman–Crippen MR) is 132 cm³/mol. The zero-order valence-electron chi connectivity index (χ0n) is 20.1. The second-order valence-electron chi connectivity index (χ2n) is 9.43. The molecular formula is C28H25F3N4O. The molecule has 1 aliphatic heterocycles. The highest BCUT2D eigenvalue weighted by molar-refractivity contribution is 5.88. The third kappa shape index (κ3) is 4.82. The van der Waals surface area contributed by atoms with Gasteiger partial charge >= 0.3 is 6.18 Å². The van der Waals surface area contributed by atoms with E-state index < -0.39 is 17.2 Å². The van der Waals surface area contributed by atoms with Crippen molar-refractivity contribution in [2.45, 2.75) is 37.8 Å². The number of halogens is 3. The second kappa shape index (κ2) is 9.15. The van der Waals surface area contributed by atoms with Gasteiger partial charge < -0.3 is 10.6 Å². The van der Waals surface area contributed by atoms with Gasteiger partial charge in [-0.2, -0.15) is 18.4 Å². The van der Waals surface area contributed by atoms with E-state index in [0.29, 0.717) is 16.8 Å². The van der Waals surface area contributed by atoms with Gasteiger partial charge in [-0.15, -0.1) is 0 Å². The van der Waals surface area contributed by atoms with Crippen LogP contribution in [0, 0.1) is 11.3 Å². The third-order valence-electron chi connectivity index (χ3n) is 6.54. The molecule has 2 N–H and O–H groups in total. The molecule has 0 saturated carbocycles. The van der Waals surface area contributed by atoms with Crippen molar-refractivity contribution in [3.63, 3.8) is 0 Å². The maximum absolute atomic E-state index is 13.4. The number of allylic oxidation sites excluding steroid dienone is 1. The van der Waals surface area contributed by atoms with Crippen LogP contribution in [0.1, 0.15) is 48.6 Å². The largest absolute Gasteiger partial charge is 0.418 e. The molecule has 2 heterocycles. The lowest BCUT2D eigenvalue weighted by molar-refractivity contribution is -0.136. The van der Waals surface area contributed by atoms with E-state index in [1.165, 1.54) is 11.0 Å². The lowest BCUT2D eigenvalue weighted by Crippen LogP contribution is -2.29. The molecule has 0 radical (unpaired) electrons. The van der Waals surface area contributed by atoms with E-state index in [1.807, 2.05) is 38.1 Å². The minimum atomic E-state index is -4.57. The fourth-order valence-electron chi connectivity index (χ4n) is 4.29. The summed E-state index contributed by atoms with van der Waals surface area (Å²) in [6.45, 7) is 3.67. The van der Waals surface area contributed by atoms with Gasteiger partial charge in [0.25, 0.3) is 0 Å². The Morgan fingerprint density at radius 3 is 2.36 bits per heavy atom. The molecule has 0 fully saturated rings. The molecule has 184 valence electrons. The molecule has 0 saturated heterocycles. The highest BCUT2D eigenvalue weighted by Crippen LogP contribution is 2.40. The normalized spacial score (nSPS) is 16.5. The molecule has 1 unspecified atom stereocenters. The number of nitrogens with two attached hydrogens (primary N) is 1. The van der Waals surface area contributed by atoms with E-state index in [2.05, 4.69) is 11.1 Å². The number of carbonyl (C=O) groups excluding carboxylic acids is 1. The van der Waals surface area contributed by atoms with Crippen LogP contribution in [0.15, 0.2) is 67.0 Å². The zero-order chi connectivity index (χ0) is 26.3. The lowest BCUT2D eigenvalue weighted by atomic mass is 9.81. The summed E-state index contributed by atoms with van der Waals surface area (Å²) in [4.78, 5) is 18.6. The average Bonchev–Trinajstić information content (AvgIpc) is 2.85. The number of nitrogens with zero attached hydrogens (tertiary/aromatic N) is 3. The molecule has 5 nitrogen and oxygen atoms in total. The van der Waals surface area contributed by atoms with Crippen LogP contribution in [0.25, 0.3) is 16.7 Å². The molecule has 1 atom stereocenters. The first-order valence-corrected chi connectivity index (χ1v) is 11.3. The molecule has 0 aliphatic carbocycles. The van der Waals surface area contributed by atoms with E-state index in [1.54, 1.807) is 37.6 Å². The number of alkyl halides is 3. The molecule has 0 spiro atoms. The number of hydrogen-bond acceptors (Lipinski definition) is 4. The first-order chi connectivity index (χ1) is 16.9. The lowest BCUT2D eigenvalue weighted by Gasteiger charge is -2.29. The Labute approximate surface area is 207 Å². The molecule has 2 aromatic carbocycles. The number of nitrogen functional groups attached to an aromatic ring is 1. The SMILES string of the molecule is CN1C=C(c2cc(-c3ccc(N)c(C(F)(F)F)c3)ccn2)C(c2ccc(C(C)(C)C#N)cc2)CC1=O. The van der Waals surface area contributed by atoms with Gasteiger partial charge in [0, 0.05) is 43.0 Å². The summed E-state index contributed by atoms with van der Waals surface area (Å²) in [7, 11) is 1.66. The maximum atomic E-state index is 13.4. The Hall–Kier alpha value is -4.12. The molecule has 3 aromatic rings. The molecule has 0 bridgehead atoms. The van der Waals surface area contributed by atoms with Gasteiger partial charge in [0.1, 0.15) is 0 Å². The van der Waals surface area contributed by atoms with Gasteiger partial charge in [-0.1, -0.05) is 30.3 Å². The minimum absolute atomic E-state index is 0.0605. The molecule has 1 amide bonds. The van der Waals surface area contributed by atoms with Crippen LogP contribution in [0.3, 0.4) is 0 Å². The average molecular weight is 491 g/mol. The van der Waals surface area contributed by atoms with Gasteiger partial charge in [-0.25, -0.2) is 0 Å². The number of carbonyl (C=O) groups is 1. The van der Waals surface area contributed by atoms with Gasteiger partial charge in [0.15, 0.2) is 0 Å². The van der Waals surface area contributed by atoms with Crippen LogP contribution in [-0.4, -0.2) is 22.8 Å². The van der Waals surface area contributed by atoms with Crippen LogP contribution in [-0.2, 0) is 16.4 Å². The van der Waals surface area contributed by atoms with Crippen molar-refractivity contribution in [2.75, 3.05) is 12.8 Å². The fraction of sp³-hybridized carbons (Fsp3) is 0.250. The fourth-order valence-corrected chi connectivity index (χ4v) is 4.29.